The number of fused-ring (bicyclic) bond motifs is 14. The summed E-state index contributed by atoms with van der Waals surface area (Å²) in [6.07, 6.45) is 0. The van der Waals surface area contributed by atoms with E-state index in [9.17, 15) is 0 Å². The molecule has 0 atom stereocenters. The third-order valence-electron chi connectivity index (χ3n) is 12.6. The maximum Gasteiger partial charge on any atom is 0.151 e. The fourth-order valence-corrected chi connectivity index (χ4v) is 10.3. The van der Waals surface area contributed by atoms with Crippen molar-refractivity contribution in [2.45, 2.75) is 24.7 Å². The van der Waals surface area contributed by atoms with Crippen molar-refractivity contribution in [3.63, 3.8) is 0 Å². The van der Waals surface area contributed by atoms with Gasteiger partial charge in [-0.15, -0.1) is 0 Å². The van der Waals surface area contributed by atoms with Crippen LogP contribution in [-0.2, 0) is 10.8 Å². The van der Waals surface area contributed by atoms with Crippen LogP contribution in [0.25, 0.3) is 22.3 Å². The van der Waals surface area contributed by atoms with Gasteiger partial charge in [0.15, 0.2) is 11.5 Å². The fraction of sp³-hybridized carbons (Fsp3) is 0.0769. The summed E-state index contributed by atoms with van der Waals surface area (Å²) >= 11 is 0. The Kier molecular flexibility index (Phi) is 6.05. The van der Waals surface area contributed by atoms with E-state index < -0.39 is 5.41 Å². The third-order valence-corrected chi connectivity index (χ3v) is 12.6. The van der Waals surface area contributed by atoms with Crippen LogP contribution in [0.15, 0.2) is 182 Å². The average Bonchev–Trinajstić information content (AvgIpc) is 3.70. The van der Waals surface area contributed by atoms with E-state index in [4.69, 9.17) is 4.74 Å². The first-order valence-corrected chi connectivity index (χ1v) is 19.2. The normalized spacial score (nSPS) is 15.1. The lowest BCUT2D eigenvalue weighted by molar-refractivity contribution is 0.471. The van der Waals surface area contributed by atoms with Gasteiger partial charge < -0.3 is 14.5 Å². The van der Waals surface area contributed by atoms with Crippen LogP contribution >= 0.6 is 0 Å². The van der Waals surface area contributed by atoms with Crippen molar-refractivity contribution in [2.24, 2.45) is 0 Å². The number of ether oxygens (including phenoxy) is 1. The van der Waals surface area contributed by atoms with Crippen molar-refractivity contribution in [1.29, 1.82) is 0 Å². The lowest BCUT2D eigenvalue weighted by Gasteiger charge is -2.45. The molecule has 2 aliphatic carbocycles. The van der Waals surface area contributed by atoms with Gasteiger partial charge in [0, 0.05) is 22.5 Å². The zero-order valence-electron chi connectivity index (χ0n) is 30.6. The van der Waals surface area contributed by atoms with E-state index >= 15 is 0 Å². The molecule has 0 aromatic heterocycles. The first-order chi connectivity index (χ1) is 27.0. The molecule has 3 nitrogen and oxygen atoms in total. The number of benzene rings is 8. The summed E-state index contributed by atoms with van der Waals surface area (Å²) in [4.78, 5) is 4.85. The quantitative estimate of drug-likeness (QED) is 0.182. The van der Waals surface area contributed by atoms with Gasteiger partial charge in [-0.3, -0.25) is 0 Å². The molecule has 0 N–H and O–H groups in total. The molecule has 4 aliphatic rings. The van der Waals surface area contributed by atoms with Gasteiger partial charge in [-0.05, 0) is 116 Å². The third kappa shape index (κ3) is 3.89. The molecule has 0 unspecified atom stereocenters. The van der Waals surface area contributed by atoms with Crippen molar-refractivity contribution >= 4 is 34.1 Å². The fourth-order valence-electron chi connectivity index (χ4n) is 10.3. The summed E-state index contributed by atoms with van der Waals surface area (Å²) in [5.41, 5.74) is 19.2. The second kappa shape index (κ2) is 10.9. The monoisotopic (exact) mass is 704 g/mol. The van der Waals surface area contributed by atoms with Crippen molar-refractivity contribution in [3.05, 3.63) is 215 Å². The Morgan fingerprint density at radius 1 is 0.400 bits per heavy atom. The lowest BCUT2D eigenvalue weighted by Crippen LogP contribution is -2.32. The highest BCUT2D eigenvalue weighted by atomic mass is 16.5. The topological polar surface area (TPSA) is 15.7 Å². The molecule has 0 fully saturated rings. The van der Waals surface area contributed by atoms with Crippen LogP contribution in [-0.4, -0.2) is 0 Å². The molecule has 3 heteroatoms. The smallest absolute Gasteiger partial charge is 0.151 e. The largest absolute Gasteiger partial charge is 0.453 e. The minimum absolute atomic E-state index is 0.286. The molecule has 0 saturated heterocycles. The van der Waals surface area contributed by atoms with Crippen LogP contribution in [0, 0.1) is 0 Å². The molecule has 55 heavy (non-hydrogen) atoms. The Hall–Kier alpha value is -6.84. The summed E-state index contributed by atoms with van der Waals surface area (Å²) in [5.74, 6) is 1.77. The van der Waals surface area contributed by atoms with Crippen LogP contribution in [0.3, 0.4) is 0 Å². The first kappa shape index (κ1) is 30.6. The van der Waals surface area contributed by atoms with Gasteiger partial charge in [-0.2, -0.15) is 0 Å². The van der Waals surface area contributed by atoms with Gasteiger partial charge in [0.2, 0.25) is 0 Å². The Bertz CT molecular complexity index is 2840. The number of hydrogen-bond acceptors (Lipinski definition) is 3. The molecule has 12 rings (SSSR count). The summed E-state index contributed by atoms with van der Waals surface area (Å²) in [5, 5.41) is 0. The summed E-state index contributed by atoms with van der Waals surface area (Å²) in [6.45, 7) is 4.70. The van der Waals surface area contributed by atoms with Gasteiger partial charge in [-0.1, -0.05) is 135 Å². The van der Waals surface area contributed by atoms with Crippen molar-refractivity contribution in [3.8, 4) is 33.8 Å². The van der Waals surface area contributed by atoms with E-state index in [0.717, 1.165) is 39.9 Å². The molecule has 0 bridgehead atoms. The minimum atomic E-state index is -0.416. The maximum atomic E-state index is 6.50. The molecule has 2 heterocycles. The van der Waals surface area contributed by atoms with E-state index in [1.165, 1.54) is 61.3 Å². The first-order valence-electron chi connectivity index (χ1n) is 19.2. The lowest BCUT2D eigenvalue weighted by atomic mass is 9.70. The summed E-state index contributed by atoms with van der Waals surface area (Å²) in [6, 6.07) is 67.0. The Morgan fingerprint density at radius 3 is 1.62 bits per heavy atom. The average molecular weight is 705 g/mol. The van der Waals surface area contributed by atoms with E-state index in [2.05, 4.69) is 200 Å². The van der Waals surface area contributed by atoms with Gasteiger partial charge in [0.25, 0.3) is 0 Å². The Morgan fingerprint density at radius 2 is 0.927 bits per heavy atom. The van der Waals surface area contributed by atoms with Gasteiger partial charge in [-0.25, -0.2) is 0 Å². The standard InChI is InChI=1S/C52H36N2O/c1-51(2)43-23-14-26-49-50(43)54(47-24-12-13-25-48(47)55-49)46-30-28-35(32-45(46)51)53(33-15-4-3-5-16-33)34-27-29-39-38-19-8-11-22-42(38)52(44(39)31-34)40-20-9-6-17-36(40)37-18-7-10-21-41(37)52/h3-32H,1-2H3. The van der Waals surface area contributed by atoms with Crippen LogP contribution in [0.5, 0.6) is 11.5 Å². The zero-order valence-corrected chi connectivity index (χ0v) is 30.6. The van der Waals surface area contributed by atoms with Crippen molar-refractivity contribution in [2.75, 3.05) is 9.80 Å². The summed E-state index contributed by atoms with van der Waals surface area (Å²) in [7, 11) is 0. The van der Waals surface area contributed by atoms with Crippen LogP contribution in [0.1, 0.15) is 47.2 Å². The Labute approximate surface area is 321 Å². The number of anilines is 6. The SMILES string of the molecule is CC1(C)c2cc(N(c3ccccc3)c3ccc4c(c3)C3(c5ccccc5-c5ccccc53)c3ccccc3-4)ccc2N2c3ccccc3Oc3cccc1c32. The highest BCUT2D eigenvalue weighted by Crippen LogP contribution is 2.64. The maximum absolute atomic E-state index is 6.50. The molecular weight excluding hydrogens is 669 g/mol. The highest BCUT2D eigenvalue weighted by Gasteiger charge is 2.51. The zero-order chi connectivity index (χ0) is 36.5. The molecule has 8 aromatic rings. The minimum Gasteiger partial charge on any atom is -0.453 e. The van der Waals surface area contributed by atoms with E-state index in [1.54, 1.807) is 0 Å². The predicted molar refractivity (Wildman–Crippen MR) is 224 cm³/mol. The predicted octanol–water partition coefficient (Wildman–Crippen LogP) is 13.7. The second-order valence-electron chi connectivity index (χ2n) is 15.7. The van der Waals surface area contributed by atoms with E-state index in [0.29, 0.717) is 0 Å². The molecule has 0 radical (unpaired) electrons. The Balaban J connectivity index is 1.09. The van der Waals surface area contributed by atoms with Crippen LogP contribution in [0.2, 0.25) is 0 Å². The molecule has 1 spiro atoms. The van der Waals surface area contributed by atoms with Crippen molar-refractivity contribution < 1.29 is 4.74 Å². The number of hydrogen-bond donors (Lipinski definition) is 0. The number of nitrogens with zero attached hydrogens (tertiary/aromatic N) is 2. The van der Waals surface area contributed by atoms with Gasteiger partial charge in [0.1, 0.15) is 0 Å². The van der Waals surface area contributed by atoms with E-state index in [1.807, 2.05) is 6.07 Å². The molecule has 0 saturated carbocycles. The highest BCUT2D eigenvalue weighted by molar-refractivity contribution is 5.97. The number of rotatable bonds is 3. The van der Waals surface area contributed by atoms with Crippen LogP contribution in [0.4, 0.5) is 34.1 Å². The van der Waals surface area contributed by atoms with Gasteiger partial charge >= 0.3 is 0 Å². The molecule has 0 amide bonds. The number of para-hydroxylation sites is 4. The van der Waals surface area contributed by atoms with Crippen LogP contribution < -0.4 is 14.5 Å². The van der Waals surface area contributed by atoms with E-state index in [-0.39, 0.29) is 5.41 Å². The molecule has 2 aliphatic heterocycles. The van der Waals surface area contributed by atoms with Crippen molar-refractivity contribution in [1.82, 2.24) is 0 Å². The molecule has 260 valence electrons. The van der Waals surface area contributed by atoms with Gasteiger partial charge in [0.05, 0.1) is 22.5 Å². The summed E-state index contributed by atoms with van der Waals surface area (Å²) < 4.78 is 6.50. The second-order valence-corrected chi connectivity index (χ2v) is 15.7. The molecular formula is C52H36N2O. The molecule has 8 aromatic carbocycles.